The zero-order valence-corrected chi connectivity index (χ0v) is 23.6. The molecular formula is C30H42FN3O5. The van der Waals surface area contributed by atoms with Crippen LogP contribution in [0.2, 0.25) is 0 Å². The minimum absolute atomic E-state index is 0.125. The third-order valence-corrected chi connectivity index (χ3v) is 5.72. The van der Waals surface area contributed by atoms with Crippen molar-refractivity contribution < 1.29 is 29.1 Å². The van der Waals surface area contributed by atoms with Crippen molar-refractivity contribution in [3.63, 3.8) is 0 Å². The lowest BCUT2D eigenvalue weighted by molar-refractivity contribution is -0.137. The fourth-order valence-corrected chi connectivity index (χ4v) is 3.94. The molecule has 2 aromatic carbocycles. The van der Waals surface area contributed by atoms with E-state index < -0.39 is 41.1 Å². The molecule has 0 saturated carbocycles. The van der Waals surface area contributed by atoms with Crippen molar-refractivity contribution in [2.45, 2.75) is 59.5 Å². The molecule has 0 heterocycles. The molecule has 0 aliphatic rings. The van der Waals surface area contributed by atoms with Gasteiger partial charge in [0.2, 0.25) is 17.7 Å². The molecule has 2 rings (SSSR count). The van der Waals surface area contributed by atoms with Gasteiger partial charge in [0.1, 0.15) is 11.9 Å². The van der Waals surface area contributed by atoms with Crippen molar-refractivity contribution in [2.24, 2.45) is 17.3 Å². The van der Waals surface area contributed by atoms with Crippen LogP contribution in [0.3, 0.4) is 0 Å². The van der Waals surface area contributed by atoms with Crippen LogP contribution in [0.25, 0.3) is 0 Å². The molecule has 3 amide bonds. The molecule has 0 spiro atoms. The molecule has 0 bridgehead atoms. The van der Waals surface area contributed by atoms with Gasteiger partial charge >= 0.3 is 0 Å². The average Bonchev–Trinajstić information content (AvgIpc) is 2.92. The first-order chi connectivity index (χ1) is 18.4. The number of carbonyl (C=O) groups excluding carboxylic acids is 3. The van der Waals surface area contributed by atoms with Gasteiger partial charge in [-0.15, -0.1) is 12.8 Å². The Morgan fingerprint density at radius 2 is 1.38 bits per heavy atom. The number of hydroxylamine groups is 1. The fraction of sp³-hybridized carbons (Fsp3) is 0.433. The average molecular weight is 544 g/mol. The van der Waals surface area contributed by atoms with E-state index in [1.165, 1.54) is 12.1 Å². The lowest BCUT2D eigenvalue weighted by Gasteiger charge is -2.33. The highest BCUT2D eigenvalue weighted by molar-refractivity contribution is 5.91. The van der Waals surface area contributed by atoms with E-state index in [0.717, 1.165) is 12.7 Å². The molecule has 1 unspecified atom stereocenters. The number of aliphatic hydroxyl groups excluding tert-OH is 1. The first kappa shape index (κ1) is 35.3. The number of terminal acetylenes is 1. The number of carbonyl (C=O) groups is 3. The topological polar surface area (TPSA) is 128 Å². The number of hydrogen-bond acceptors (Lipinski definition) is 5. The first-order valence-electron chi connectivity index (χ1n) is 12.5. The maximum absolute atomic E-state index is 13.6. The number of benzene rings is 2. The first-order valence-corrected chi connectivity index (χ1v) is 12.5. The molecule has 0 aromatic heterocycles. The van der Waals surface area contributed by atoms with Gasteiger partial charge in [0.25, 0.3) is 0 Å². The zero-order chi connectivity index (χ0) is 30.2. The van der Waals surface area contributed by atoms with Gasteiger partial charge in [-0.25, -0.2) is 9.87 Å². The molecule has 2 aromatic rings. The van der Waals surface area contributed by atoms with Crippen LogP contribution in [0.4, 0.5) is 4.39 Å². The van der Waals surface area contributed by atoms with Crippen molar-refractivity contribution >= 4 is 17.7 Å². The quantitative estimate of drug-likeness (QED) is 0.176. The maximum atomic E-state index is 13.6. The number of aliphatic hydroxyl groups is 1. The molecule has 5 N–H and O–H groups in total. The Hall–Kier alpha value is -3.74. The lowest BCUT2D eigenvalue weighted by Crippen LogP contribution is -2.55. The number of amides is 3. The third kappa shape index (κ3) is 12.1. The van der Waals surface area contributed by atoms with Gasteiger partial charge < -0.3 is 15.7 Å². The second kappa shape index (κ2) is 17.7. The van der Waals surface area contributed by atoms with Gasteiger partial charge in [-0.05, 0) is 41.0 Å². The highest BCUT2D eigenvalue weighted by atomic mass is 19.1. The number of nitrogens with one attached hydrogen (secondary N) is 3. The Kier molecular flexibility index (Phi) is 16.0. The van der Waals surface area contributed by atoms with Crippen molar-refractivity contribution in [1.29, 1.82) is 0 Å². The second-order valence-electron chi connectivity index (χ2n) is 10.3. The van der Waals surface area contributed by atoms with Crippen molar-refractivity contribution in [3.8, 4) is 12.8 Å². The molecule has 39 heavy (non-hydrogen) atoms. The number of halogens is 1. The fourth-order valence-electron chi connectivity index (χ4n) is 3.94. The molecule has 8 nitrogen and oxygen atoms in total. The van der Waals surface area contributed by atoms with Crippen molar-refractivity contribution in [1.82, 2.24) is 16.1 Å². The minimum Gasteiger partial charge on any atom is -0.400 e. The molecule has 0 radical (unpaired) electrons. The van der Waals surface area contributed by atoms with Crippen molar-refractivity contribution in [3.05, 3.63) is 71.5 Å². The van der Waals surface area contributed by atoms with Crippen LogP contribution in [0.15, 0.2) is 54.6 Å². The third-order valence-electron chi connectivity index (χ3n) is 5.72. The standard InChI is InChI=1S/C27H36FN3O4.C2H2.CH4O/c1-17(2)15-20(16-22(32)31-35)25(33)30-24(27(3,4)5)26(34)29-23(18-9-7-6-8-10-18)19-11-13-21(28)14-12-19;2*1-2/h6-14,17,20,23-24,35H,15-16H2,1-5H3,(H,29,34)(H,30,33)(H,31,32);1-2H;2H,1H3/t20-,23?,24-;;/m1../s1. The normalized spacial score (nSPS) is 12.8. The highest BCUT2D eigenvalue weighted by Gasteiger charge is 2.36. The largest absolute Gasteiger partial charge is 0.400 e. The van der Waals surface area contributed by atoms with Crippen LogP contribution < -0.4 is 16.1 Å². The molecular weight excluding hydrogens is 501 g/mol. The summed E-state index contributed by atoms with van der Waals surface area (Å²) in [6.45, 7) is 9.37. The van der Waals surface area contributed by atoms with E-state index >= 15 is 0 Å². The van der Waals surface area contributed by atoms with Gasteiger partial charge in [-0.3, -0.25) is 19.6 Å². The van der Waals surface area contributed by atoms with Crippen LogP contribution in [0.1, 0.15) is 64.6 Å². The smallest absolute Gasteiger partial charge is 0.244 e. The van der Waals surface area contributed by atoms with E-state index in [1.54, 1.807) is 17.6 Å². The SMILES string of the molecule is C#C.CC(C)C[C@H](CC(=O)NO)C(=O)N[C@H](C(=O)NC(c1ccccc1)c1ccc(F)cc1)C(C)(C)C.CO. The van der Waals surface area contributed by atoms with E-state index in [1.807, 2.05) is 65.0 Å². The Labute approximate surface area is 231 Å². The van der Waals surface area contributed by atoms with E-state index in [-0.39, 0.29) is 18.2 Å². The van der Waals surface area contributed by atoms with E-state index in [9.17, 15) is 18.8 Å². The van der Waals surface area contributed by atoms with Gasteiger partial charge in [-0.2, -0.15) is 0 Å². The molecule has 0 saturated heterocycles. The van der Waals surface area contributed by atoms with Crippen LogP contribution >= 0.6 is 0 Å². The summed E-state index contributed by atoms with van der Waals surface area (Å²) in [4.78, 5) is 38.5. The van der Waals surface area contributed by atoms with Crippen LogP contribution in [0.5, 0.6) is 0 Å². The van der Waals surface area contributed by atoms with Crippen molar-refractivity contribution in [2.75, 3.05) is 7.11 Å². The summed E-state index contributed by atoms with van der Waals surface area (Å²) in [5.41, 5.74) is 2.43. The predicted molar refractivity (Wildman–Crippen MR) is 150 cm³/mol. The molecule has 0 fully saturated rings. The summed E-state index contributed by atoms with van der Waals surface area (Å²) < 4.78 is 13.5. The van der Waals surface area contributed by atoms with Crippen LogP contribution in [-0.2, 0) is 14.4 Å². The number of rotatable bonds is 10. The van der Waals surface area contributed by atoms with Crippen LogP contribution in [0, 0.1) is 35.9 Å². The summed E-state index contributed by atoms with van der Waals surface area (Å²) >= 11 is 0. The van der Waals surface area contributed by atoms with Gasteiger partial charge in [0, 0.05) is 19.4 Å². The summed E-state index contributed by atoms with van der Waals surface area (Å²) in [7, 11) is 1.00. The monoisotopic (exact) mass is 543 g/mol. The summed E-state index contributed by atoms with van der Waals surface area (Å²) in [5, 5.41) is 21.8. The Bertz CT molecular complexity index is 1030. The molecule has 214 valence electrons. The van der Waals surface area contributed by atoms with E-state index in [4.69, 9.17) is 10.3 Å². The maximum Gasteiger partial charge on any atom is 0.244 e. The second-order valence-corrected chi connectivity index (χ2v) is 10.3. The molecule has 3 atom stereocenters. The molecule has 9 heteroatoms. The molecule has 0 aliphatic heterocycles. The van der Waals surface area contributed by atoms with E-state index in [0.29, 0.717) is 12.0 Å². The van der Waals surface area contributed by atoms with E-state index in [2.05, 4.69) is 23.5 Å². The zero-order valence-electron chi connectivity index (χ0n) is 23.6. The minimum atomic E-state index is -0.909. The van der Waals surface area contributed by atoms with Gasteiger partial charge in [-0.1, -0.05) is 77.1 Å². The Balaban J connectivity index is 0.00000344. The summed E-state index contributed by atoms with van der Waals surface area (Å²) in [6.07, 6.45) is 8.22. The van der Waals surface area contributed by atoms with Gasteiger partial charge in [0.15, 0.2) is 0 Å². The van der Waals surface area contributed by atoms with Gasteiger partial charge in [0.05, 0.1) is 6.04 Å². The Morgan fingerprint density at radius 1 is 0.872 bits per heavy atom. The summed E-state index contributed by atoms with van der Waals surface area (Å²) in [6, 6.07) is 13.7. The number of hydrogen-bond donors (Lipinski definition) is 5. The predicted octanol–water partition coefficient (Wildman–Crippen LogP) is 3.98. The lowest BCUT2D eigenvalue weighted by atomic mass is 9.84. The highest BCUT2D eigenvalue weighted by Crippen LogP contribution is 2.26. The van der Waals surface area contributed by atoms with Crippen LogP contribution in [-0.4, -0.2) is 41.2 Å². The Morgan fingerprint density at radius 3 is 1.85 bits per heavy atom. The molecule has 0 aliphatic carbocycles. The summed E-state index contributed by atoms with van der Waals surface area (Å²) in [5.74, 6) is -2.46.